The number of nitrogens with zero attached hydrogens (tertiary/aromatic N) is 1. The summed E-state index contributed by atoms with van der Waals surface area (Å²) in [5.74, 6) is 1.40. The molecule has 1 N–H and O–H groups in total. The third-order valence-electron chi connectivity index (χ3n) is 4.88. The highest BCUT2D eigenvalue weighted by atomic mass is 32.1. The first kappa shape index (κ1) is 18.7. The van der Waals surface area contributed by atoms with Crippen LogP contribution in [0.5, 0.6) is 5.75 Å². The van der Waals surface area contributed by atoms with Crippen molar-refractivity contribution in [1.29, 1.82) is 0 Å². The molecule has 1 aliphatic rings. The van der Waals surface area contributed by atoms with Crippen LogP contribution in [0.2, 0.25) is 0 Å². The Bertz CT molecular complexity index is 935. The van der Waals surface area contributed by atoms with Gasteiger partial charge < -0.3 is 10.1 Å². The van der Waals surface area contributed by atoms with Crippen molar-refractivity contribution in [1.82, 2.24) is 10.3 Å². The van der Waals surface area contributed by atoms with E-state index >= 15 is 0 Å². The van der Waals surface area contributed by atoms with Gasteiger partial charge in [0.25, 0.3) is 0 Å². The van der Waals surface area contributed by atoms with Gasteiger partial charge in [0.15, 0.2) is 0 Å². The highest BCUT2D eigenvalue weighted by molar-refractivity contribution is 7.13. The minimum absolute atomic E-state index is 0.0238. The summed E-state index contributed by atoms with van der Waals surface area (Å²) in [7, 11) is 0. The summed E-state index contributed by atoms with van der Waals surface area (Å²) in [4.78, 5) is 17.4. The van der Waals surface area contributed by atoms with Crippen molar-refractivity contribution in [3.05, 3.63) is 71.2 Å². The Morgan fingerprint density at radius 3 is 2.68 bits per heavy atom. The minimum Gasteiger partial charge on any atom is -0.493 e. The number of carbonyl (C=O) groups is 1. The molecular formula is C23H24N2O2S. The number of ether oxygens (including phenoxy) is 1. The predicted octanol–water partition coefficient (Wildman–Crippen LogP) is 5.02. The zero-order valence-corrected chi connectivity index (χ0v) is 16.7. The first-order valence-electron chi connectivity index (χ1n) is 9.75. The largest absolute Gasteiger partial charge is 0.493 e. The van der Waals surface area contributed by atoms with Crippen LogP contribution < -0.4 is 10.1 Å². The van der Waals surface area contributed by atoms with Crippen molar-refractivity contribution in [2.45, 2.75) is 32.2 Å². The zero-order valence-electron chi connectivity index (χ0n) is 15.9. The van der Waals surface area contributed by atoms with Crippen LogP contribution in [0, 0.1) is 5.92 Å². The van der Waals surface area contributed by atoms with Crippen LogP contribution in [0.25, 0.3) is 10.6 Å². The van der Waals surface area contributed by atoms with Gasteiger partial charge in [0.2, 0.25) is 5.91 Å². The first-order valence-corrected chi connectivity index (χ1v) is 10.6. The van der Waals surface area contributed by atoms with E-state index in [1.165, 1.54) is 18.4 Å². The van der Waals surface area contributed by atoms with Crippen LogP contribution in [-0.4, -0.2) is 17.5 Å². The SMILES string of the molecule is CCOc1ccccc1-c1nc(CC(=O)NC(c2ccccc2)C2CC2)cs1. The fourth-order valence-electron chi connectivity index (χ4n) is 3.39. The van der Waals surface area contributed by atoms with E-state index in [1.54, 1.807) is 11.3 Å². The maximum atomic E-state index is 12.7. The van der Waals surface area contributed by atoms with Gasteiger partial charge in [-0.1, -0.05) is 42.5 Å². The lowest BCUT2D eigenvalue weighted by atomic mass is 10.0. The van der Waals surface area contributed by atoms with E-state index in [-0.39, 0.29) is 11.9 Å². The smallest absolute Gasteiger partial charge is 0.226 e. The lowest BCUT2D eigenvalue weighted by Gasteiger charge is -2.18. The molecule has 28 heavy (non-hydrogen) atoms. The molecule has 4 nitrogen and oxygen atoms in total. The van der Waals surface area contributed by atoms with Crippen LogP contribution in [0.1, 0.15) is 37.1 Å². The Kier molecular flexibility index (Phi) is 5.72. The molecule has 1 fully saturated rings. The van der Waals surface area contributed by atoms with E-state index in [9.17, 15) is 4.79 Å². The molecule has 5 heteroatoms. The van der Waals surface area contributed by atoms with Crippen molar-refractivity contribution in [3.63, 3.8) is 0 Å². The molecule has 144 valence electrons. The van der Waals surface area contributed by atoms with Gasteiger partial charge in [-0.05, 0) is 43.4 Å². The molecule has 1 heterocycles. The second kappa shape index (κ2) is 8.57. The van der Waals surface area contributed by atoms with E-state index in [2.05, 4.69) is 22.4 Å². The van der Waals surface area contributed by atoms with Crippen LogP contribution in [0.3, 0.4) is 0 Å². The van der Waals surface area contributed by atoms with Crippen LogP contribution in [0.4, 0.5) is 0 Å². The van der Waals surface area contributed by atoms with Crippen LogP contribution >= 0.6 is 11.3 Å². The highest BCUT2D eigenvalue weighted by Gasteiger charge is 2.33. The van der Waals surface area contributed by atoms with Crippen molar-refractivity contribution in [2.24, 2.45) is 5.92 Å². The fourth-order valence-corrected chi connectivity index (χ4v) is 4.24. The number of aromatic nitrogens is 1. The van der Waals surface area contributed by atoms with E-state index in [0.29, 0.717) is 18.9 Å². The number of carbonyl (C=O) groups excluding carboxylic acids is 1. The topological polar surface area (TPSA) is 51.2 Å². The molecule has 1 atom stereocenters. The van der Waals surface area contributed by atoms with Gasteiger partial charge in [0.05, 0.1) is 30.3 Å². The summed E-state index contributed by atoms with van der Waals surface area (Å²) in [6, 6.07) is 18.2. The number of para-hydroxylation sites is 1. The van der Waals surface area contributed by atoms with E-state index in [4.69, 9.17) is 4.74 Å². The van der Waals surface area contributed by atoms with Gasteiger partial charge in [0, 0.05) is 5.38 Å². The number of hydrogen-bond donors (Lipinski definition) is 1. The summed E-state index contributed by atoms with van der Waals surface area (Å²) in [5, 5.41) is 6.07. The summed E-state index contributed by atoms with van der Waals surface area (Å²) in [6.07, 6.45) is 2.65. The molecule has 4 rings (SSSR count). The number of thiazole rings is 1. The van der Waals surface area contributed by atoms with Crippen molar-refractivity contribution >= 4 is 17.2 Å². The Morgan fingerprint density at radius 2 is 1.93 bits per heavy atom. The minimum atomic E-state index is 0.0238. The third kappa shape index (κ3) is 4.42. The fraction of sp³-hybridized carbons (Fsp3) is 0.304. The van der Waals surface area contributed by atoms with Crippen LogP contribution in [-0.2, 0) is 11.2 Å². The van der Waals surface area contributed by atoms with E-state index in [0.717, 1.165) is 22.0 Å². The summed E-state index contributed by atoms with van der Waals surface area (Å²) < 4.78 is 5.70. The van der Waals surface area contributed by atoms with E-state index in [1.807, 2.05) is 54.8 Å². The standard InChI is InChI=1S/C23H24N2O2S/c1-2-27-20-11-7-6-10-19(20)23-24-18(15-28-23)14-21(26)25-22(17-12-13-17)16-8-4-3-5-9-16/h3-11,15,17,22H,2,12-14H2,1H3,(H,25,26). The second-order valence-electron chi connectivity index (χ2n) is 7.04. The normalized spacial score (nSPS) is 14.5. The van der Waals surface area contributed by atoms with Gasteiger partial charge >= 0.3 is 0 Å². The van der Waals surface area contributed by atoms with Crippen LogP contribution in [0.15, 0.2) is 60.0 Å². The lowest BCUT2D eigenvalue weighted by molar-refractivity contribution is -0.121. The highest BCUT2D eigenvalue weighted by Crippen LogP contribution is 2.41. The molecule has 3 aromatic rings. The number of amides is 1. The molecule has 1 aliphatic carbocycles. The van der Waals surface area contributed by atoms with E-state index < -0.39 is 0 Å². The quantitative estimate of drug-likeness (QED) is 0.586. The number of hydrogen-bond acceptors (Lipinski definition) is 4. The van der Waals surface area contributed by atoms with Crippen molar-refractivity contribution in [2.75, 3.05) is 6.61 Å². The van der Waals surface area contributed by atoms with Crippen molar-refractivity contribution < 1.29 is 9.53 Å². The molecule has 1 saturated carbocycles. The monoisotopic (exact) mass is 392 g/mol. The number of benzene rings is 2. The molecule has 0 saturated heterocycles. The van der Waals surface area contributed by atoms with Gasteiger partial charge in [0.1, 0.15) is 10.8 Å². The number of nitrogens with one attached hydrogen (secondary N) is 1. The Balaban J connectivity index is 1.44. The first-order chi connectivity index (χ1) is 13.7. The molecule has 0 aliphatic heterocycles. The average molecular weight is 393 g/mol. The molecular weight excluding hydrogens is 368 g/mol. The second-order valence-corrected chi connectivity index (χ2v) is 7.90. The maximum Gasteiger partial charge on any atom is 0.226 e. The maximum absolute atomic E-state index is 12.7. The molecule has 0 spiro atoms. The molecule has 1 amide bonds. The zero-order chi connectivity index (χ0) is 19.3. The molecule has 1 aromatic heterocycles. The Hall–Kier alpha value is -2.66. The summed E-state index contributed by atoms with van der Waals surface area (Å²) in [6.45, 7) is 2.58. The summed E-state index contributed by atoms with van der Waals surface area (Å²) >= 11 is 1.55. The molecule has 0 bridgehead atoms. The molecule has 2 aromatic carbocycles. The predicted molar refractivity (Wildman–Crippen MR) is 112 cm³/mol. The Morgan fingerprint density at radius 1 is 1.18 bits per heavy atom. The average Bonchev–Trinajstić information content (AvgIpc) is 3.46. The molecule has 0 radical (unpaired) electrons. The van der Waals surface area contributed by atoms with Gasteiger partial charge in [-0.15, -0.1) is 11.3 Å². The Labute approximate surface area is 169 Å². The van der Waals surface area contributed by atoms with Gasteiger partial charge in [-0.3, -0.25) is 4.79 Å². The molecule has 1 unspecified atom stereocenters. The third-order valence-corrected chi connectivity index (χ3v) is 5.80. The lowest BCUT2D eigenvalue weighted by Crippen LogP contribution is -2.31. The van der Waals surface area contributed by atoms with Gasteiger partial charge in [-0.2, -0.15) is 0 Å². The van der Waals surface area contributed by atoms with Crippen molar-refractivity contribution in [3.8, 4) is 16.3 Å². The summed E-state index contributed by atoms with van der Waals surface area (Å²) in [5.41, 5.74) is 2.95. The van der Waals surface area contributed by atoms with Gasteiger partial charge in [-0.25, -0.2) is 4.98 Å². The number of rotatable bonds is 8.